The lowest BCUT2D eigenvalue weighted by atomic mass is 9.83. The zero-order chi connectivity index (χ0) is 25.8. The zero-order valence-corrected chi connectivity index (χ0v) is 22.9. The summed E-state index contributed by atoms with van der Waals surface area (Å²) in [6.45, 7) is 4.12. The van der Waals surface area contributed by atoms with Gasteiger partial charge in [0.25, 0.3) is 0 Å². The lowest BCUT2D eigenvalue weighted by molar-refractivity contribution is -0.943. The Morgan fingerprint density at radius 1 is 1.00 bits per heavy atom. The van der Waals surface area contributed by atoms with E-state index in [0.717, 1.165) is 53.7 Å². The summed E-state index contributed by atoms with van der Waals surface area (Å²) in [6, 6.07) is 20.5. The number of carbonyl (C=O) groups is 1. The van der Waals surface area contributed by atoms with Crippen LogP contribution in [0.2, 0.25) is 0 Å². The molecule has 194 valence electrons. The summed E-state index contributed by atoms with van der Waals surface area (Å²) in [6.07, 6.45) is 1.29. The van der Waals surface area contributed by atoms with Gasteiger partial charge in [0, 0.05) is 33.9 Å². The molecule has 8 heteroatoms. The topological polar surface area (TPSA) is 29.5 Å². The third-order valence-corrected chi connectivity index (χ3v) is 9.08. The van der Waals surface area contributed by atoms with Gasteiger partial charge in [0.2, 0.25) is 0 Å². The Hall–Kier alpha value is -2.42. The quantitative estimate of drug-likeness (QED) is 0.205. The van der Waals surface area contributed by atoms with Crippen molar-refractivity contribution in [1.29, 1.82) is 0 Å². The standard InChI is InChI=1S/C29H30BrF2N2O2S/c30-23-7-11-25(12-8-23)37-18-17-34-15-13-22(14-16-34)28(20-34)36-29(35)33(27-4-2-1-3-26(27)32)19-21-5-9-24(31)10-6-21/h1-12,22,28H,13-20H2/q+1. The molecule has 3 heterocycles. The van der Waals surface area contributed by atoms with Crippen molar-refractivity contribution < 1.29 is 22.8 Å². The predicted octanol–water partition coefficient (Wildman–Crippen LogP) is 7.27. The second-order valence-electron chi connectivity index (χ2n) is 9.92. The van der Waals surface area contributed by atoms with Crippen molar-refractivity contribution in [3.05, 3.63) is 94.5 Å². The first-order chi connectivity index (χ1) is 17.9. The number of benzene rings is 3. The Labute approximate surface area is 229 Å². The molecule has 0 aromatic heterocycles. The lowest BCUT2D eigenvalue weighted by Crippen LogP contribution is -2.65. The van der Waals surface area contributed by atoms with E-state index in [2.05, 4.69) is 40.2 Å². The molecular weight excluding hydrogens is 558 g/mol. The normalized spacial score (nSPS) is 22.6. The molecule has 3 fully saturated rings. The molecule has 1 amide bonds. The first-order valence-corrected chi connectivity index (χ1v) is 14.4. The molecule has 0 spiro atoms. The Kier molecular flexibility index (Phi) is 8.17. The number of nitrogens with zero attached hydrogens (tertiary/aromatic N) is 2. The Morgan fingerprint density at radius 2 is 1.70 bits per heavy atom. The highest BCUT2D eigenvalue weighted by atomic mass is 79.9. The summed E-state index contributed by atoms with van der Waals surface area (Å²) >= 11 is 5.34. The van der Waals surface area contributed by atoms with Gasteiger partial charge in [-0.15, -0.1) is 11.8 Å². The van der Waals surface area contributed by atoms with E-state index in [1.54, 1.807) is 30.3 Å². The number of amides is 1. The van der Waals surface area contributed by atoms with Crippen LogP contribution in [-0.4, -0.2) is 48.6 Å². The smallest absolute Gasteiger partial charge is 0.415 e. The number of fused-ring (bicyclic) bond motifs is 3. The van der Waals surface area contributed by atoms with Gasteiger partial charge >= 0.3 is 6.09 Å². The fourth-order valence-electron chi connectivity index (χ4n) is 5.44. The van der Waals surface area contributed by atoms with E-state index < -0.39 is 11.9 Å². The van der Waals surface area contributed by atoms with Crippen molar-refractivity contribution in [2.75, 3.05) is 36.8 Å². The number of hydrogen-bond donors (Lipinski definition) is 0. The van der Waals surface area contributed by atoms with E-state index in [1.807, 2.05) is 11.8 Å². The maximum absolute atomic E-state index is 14.7. The summed E-state index contributed by atoms with van der Waals surface area (Å²) in [4.78, 5) is 16.1. The summed E-state index contributed by atoms with van der Waals surface area (Å²) in [5.74, 6) is 0.475. The van der Waals surface area contributed by atoms with Crippen LogP contribution in [0.3, 0.4) is 0 Å². The average Bonchev–Trinajstić information content (AvgIpc) is 2.90. The Balaban J connectivity index is 1.27. The monoisotopic (exact) mass is 587 g/mol. The SMILES string of the molecule is O=C(OC1C[N+]2(CCSc3ccc(Br)cc3)CCC1CC2)N(Cc1ccc(F)cc1)c1ccccc1F. The van der Waals surface area contributed by atoms with E-state index in [4.69, 9.17) is 4.74 Å². The predicted molar refractivity (Wildman–Crippen MR) is 147 cm³/mol. The number of carbonyl (C=O) groups excluding carboxylic acids is 1. The molecule has 0 radical (unpaired) electrons. The molecule has 3 aliphatic rings. The summed E-state index contributed by atoms with van der Waals surface area (Å²) in [7, 11) is 0. The van der Waals surface area contributed by atoms with Crippen molar-refractivity contribution in [3.8, 4) is 0 Å². The van der Waals surface area contributed by atoms with Gasteiger partial charge in [-0.25, -0.2) is 13.6 Å². The van der Waals surface area contributed by atoms with Crippen LogP contribution in [0.1, 0.15) is 18.4 Å². The number of hydrogen-bond acceptors (Lipinski definition) is 3. The van der Waals surface area contributed by atoms with Crippen LogP contribution in [0.15, 0.2) is 82.2 Å². The molecule has 1 unspecified atom stereocenters. The van der Waals surface area contributed by atoms with Gasteiger partial charge in [-0.3, -0.25) is 4.90 Å². The molecule has 3 aromatic carbocycles. The average molecular weight is 589 g/mol. The minimum Gasteiger partial charge on any atom is -0.440 e. The van der Waals surface area contributed by atoms with Gasteiger partial charge < -0.3 is 9.22 Å². The van der Waals surface area contributed by atoms with Crippen LogP contribution in [0.4, 0.5) is 19.3 Å². The summed E-state index contributed by atoms with van der Waals surface area (Å²) in [5.41, 5.74) is 0.858. The maximum atomic E-state index is 14.7. The van der Waals surface area contributed by atoms with Gasteiger partial charge in [0.15, 0.2) is 6.10 Å². The summed E-state index contributed by atoms with van der Waals surface area (Å²) < 4.78 is 36.3. The summed E-state index contributed by atoms with van der Waals surface area (Å²) in [5, 5.41) is 0. The largest absolute Gasteiger partial charge is 0.440 e. The zero-order valence-electron chi connectivity index (χ0n) is 20.5. The maximum Gasteiger partial charge on any atom is 0.415 e. The molecule has 3 aliphatic heterocycles. The van der Waals surface area contributed by atoms with Gasteiger partial charge in [-0.1, -0.05) is 40.2 Å². The fourth-order valence-corrected chi connectivity index (χ4v) is 6.75. The molecule has 0 saturated carbocycles. The Morgan fingerprint density at radius 3 is 2.41 bits per heavy atom. The van der Waals surface area contributed by atoms with Crippen molar-refractivity contribution >= 4 is 39.5 Å². The first kappa shape index (κ1) is 26.2. The van der Waals surface area contributed by atoms with E-state index in [0.29, 0.717) is 11.5 Å². The first-order valence-electron chi connectivity index (χ1n) is 12.6. The Bertz CT molecular complexity index is 1220. The molecule has 6 rings (SSSR count). The number of quaternary nitrogens is 1. The number of halogens is 3. The number of piperidine rings is 3. The lowest BCUT2D eigenvalue weighted by Gasteiger charge is -2.52. The van der Waals surface area contributed by atoms with Crippen molar-refractivity contribution in [3.63, 3.8) is 0 Å². The van der Waals surface area contributed by atoms with Crippen LogP contribution in [0.25, 0.3) is 0 Å². The second kappa shape index (κ2) is 11.5. The minimum absolute atomic E-state index is 0.0985. The highest BCUT2D eigenvalue weighted by molar-refractivity contribution is 9.10. The third-order valence-electron chi connectivity index (χ3n) is 7.56. The molecule has 0 N–H and O–H groups in total. The van der Waals surface area contributed by atoms with E-state index in [-0.39, 0.29) is 24.2 Å². The van der Waals surface area contributed by atoms with E-state index >= 15 is 0 Å². The van der Waals surface area contributed by atoms with Gasteiger partial charge in [0.05, 0.1) is 31.9 Å². The molecule has 0 aliphatic carbocycles. The molecule has 3 saturated heterocycles. The van der Waals surface area contributed by atoms with Crippen LogP contribution in [0.5, 0.6) is 0 Å². The minimum atomic E-state index is -0.560. The second-order valence-corrected chi connectivity index (χ2v) is 12.0. The van der Waals surface area contributed by atoms with Crippen LogP contribution in [0, 0.1) is 17.6 Å². The van der Waals surface area contributed by atoms with Gasteiger partial charge in [0.1, 0.15) is 18.2 Å². The van der Waals surface area contributed by atoms with E-state index in [9.17, 15) is 13.6 Å². The molecule has 1 atom stereocenters. The third kappa shape index (κ3) is 6.36. The number of para-hydroxylation sites is 1. The van der Waals surface area contributed by atoms with Crippen LogP contribution in [-0.2, 0) is 11.3 Å². The number of thioether (sulfide) groups is 1. The molecule has 37 heavy (non-hydrogen) atoms. The van der Waals surface area contributed by atoms with Crippen LogP contribution < -0.4 is 4.90 Å². The van der Waals surface area contributed by atoms with Crippen LogP contribution >= 0.6 is 27.7 Å². The molecule has 4 nitrogen and oxygen atoms in total. The molecular formula is C29H30BrF2N2O2S+. The molecule has 3 aromatic rings. The highest BCUT2D eigenvalue weighted by Crippen LogP contribution is 2.37. The van der Waals surface area contributed by atoms with E-state index in [1.165, 1.54) is 28.0 Å². The highest BCUT2D eigenvalue weighted by Gasteiger charge is 2.47. The van der Waals surface area contributed by atoms with Crippen molar-refractivity contribution in [2.45, 2.75) is 30.4 Å². The number of rotatable bonds is 8. The van der Waals surface area contributed by atoms with Crippen molar-refractivity contribution in [2.24, 2.45) is 5.92 Å². The molecule has 2 bridgehead atoms. The number of ether oxygens (including phenoxy) is 1. The fraction of sp³-hybridized carbons (Fsp3) is 0.345. The van der Waals surface area contributed by atoms with Gasteiger partial charge in [-0.05, 0) is 54.1 Å². The van der Waals surface area contributed by atoms with Gasteiger partial charge in [-0.2, -0.15) is 0 Å². The van der Waals surface area contributed by atoms with Crippen molar-refractivity contribution in [1.82, 2.24) is 0 Å². The number of anilines is 1.